The average Bonchev–Trinajstić information content (AvgIpc) is 2.74. The maximum atomic E-state index is 5.59. The average molecular weight is 233 g/mol. The van der Waals surface area contributed by atoms with Crippen LogP contribution in [0.1, 0.15) is 21.5 Å². The molecule has 0 aliphatic rings. The molecule has 0 aromatic carbocycles. The molecule has 0 bridgehead atoms. The first kappa shape index (κ1) is 11.3. The summed E-state index contributed by atoms with van der Waals surface area (Å²) in [5.74, 6) is 5.59. The molecule has 0 aliphatic carbocycles. The van der Waals surface area contributed by atoms with E-state index in [0.29, 0.717) is 0 Å². The molecule has 0 saturated heterocycles. The van der Waals surface area contributed by atoms with Gasteiger partial charge in [-0.3, -0.25) is 16.3 Å². The highest BCUT2D eigenvalue weighted by Gasteiger charge is 2.12. The van der Waals surface area contributed by atoms with Gasteiger partial charge < -0.3 is 0 Å². The number of nitrogens with zero attached hydrogens (tertiary/aromatic N) is 1. The Morgan fingerprint density at radius 3 is 2.81 bits per heavy atom. The third-order valence-corrected chi connectivity index (χ3v) is 3.56. The van der Waals surface area contributed by atoms with Crippen LogP contribution < -0.4 is 11.3 Å². The van der Waals surface area contributed by atoms with Gasteiger partial charge in [-0.05, 0) is 31.2 Å². The van der Waals surface area contributed by atoms with Crippen LogP contribution in [0, 0.1) is 6.92 Å². The van der Waals surface area contributed by atoms with Crippen LogP contribution in [0.25, 0.3) is 0 Å². The van der Waals surface area contributed by atoms with E-state index in [1.807, 2.05) is 24.4 Å². The molecular formula is C12H15N3S. The van der Waals surface area contributed by atoms with Gasteiger partial charge in [0.2, 0.25) is 0 Å². The molecule has 0 aliphatic heterocycles. The zero-order valence-electron chi connectivity index (χ0n) is 9.18. The molecule has 0 fully saturated rings. The number of pyridine rings is 1. The Morgan fingerprint density at radius 2 is 2.25 bits per heavy atom. The largest absolute Gasteiger partial charge is 0.271 e. The molecule has 2 rings (SSSR count). The van der Waals surface area contributed by atoms with Crippen LogP contribution in [0.3, 0.4) is 0 Å². The highest BCUT2D eigenvalue weighted by molar-refractivity contribution is 7.12. The molecule has 2 aromatic heterocycles. The molecule has 3 N–H and O–H groups in total. The molecule has 16 heavy (non-hydrogen) atoms. The first-order chi connectivity index (χ1) is 7.79. The van der Waals surface area contributed by atoms with Crippen LogP contribution in [0.2, 0.25) is 0 Å². The summed E-state index contributed by atoms with van der Waals surface area (Å²) in [6, 6.07) is 10.3. The lowest BCUT2D eigenvalue weighted by atomic mass is 10.1. The fraction of sp³-hybridized carbons (Fsp3) is 0.250. The zero-order chi connectivity index (χ0) is 11.4. The van der Waals surface area contributed by atoms with Crippen LogP contribution >= 0.6 is 11.3 Å². The van der Waals surface area contributed by atoms with E-state index < -0.39 is 0 Å². The molecule has 4 heteroatoms. The number of hydrogen-bond donors (Lipinski definition) is 2. The van der Waals surface area contributed by atoms with Crippen molar-refractivity contribution in [2.45, 2.75) is 19.4 Å². The predicted octanol–water partition coefficient (Wildman–Crippen LogP) is 2.20. The minimum absolute atomic E-state index is 0.147. The zero-order valence-corrected chi connectivity index (χ0v) is 10.00. The normalized spacial score (nSPS) is 12.6. The lowest BCUT2D eigenvalue weighted by Crippen LogP contribution is -2.29. The van der Waals surface area contributed by atoms with Crippen molar-refractivity contribution in [1.82, 2.24) is 10.4 Å². The number of nitrogens with one attached hydrogen (secondary N) is 1. The lowest BCUT2D eigenvalue weighted by Gasteiger charge is -2.13. The standard InChI is InChI=1S/C12H15N3S/c1-9-5-6-12(16-9)11(15-13)8-10-4-2-3-7-14-10/h2-7,11,15H,8,13H2,1H3. The van der Waals surface area contributed by atoms with E-state index in [1.165, 1.54) is 9.75 Å². The Morgan fingerprint density at radius 1 is 1.38 bits per heavy atom. The van der Waals surface area contributed by atoms with Crippen LogP contribution in [0.15, 0.2) is 36.5 Å². The number of hydrogen-bond acceptors (Lipinski definition) is 4. The second-order valence-corrected chi connectivity index (χ2v) is 5.01. The Balaban J connectivity index is 2.12. The van der Waals surface area contributed by atoms with Crippen LogP contribution in [0.5, 0.6) is 0 Å². The van der Waals surface area contributed by atoms with E-state index >= 15 is 0 Å². The monoisotopic (exact) mass is 233 g/mol. The third-order valence-electron chi connectivity index (χ3n) is 2.45. The second-order valence-electron chi connectivity index (χ2n) is 3.69. The molecule has 2 heterocycles. The summed E-state index contributed by atoms with van der Waals surface area (Å²) in [5.41, 5.74) is 3.90. The fourth-order valence-corrected chi connectivity index (χ4v) is 2.55. The van der Waals surface area contributed by atoms with Gasteiger partial charge in [0.1, 0.15) is 0 Å². The maximum Gasteiger partial charge on any atom is 0.0608 e. The predicted molar refractivity (Wildman–Crippen MR) is 67.1 cm³/mol. The molecule has 0 spiro atoms. The van der Waals surface area contributed by atoms with E-state index in [4.69, 9.17) is 5.84 Å². The van der Waals surface area contributed by atoms with Crippen molar-refractivity contribution < 1.29 is 0 Å². The van der Waals surface area contributed by atoms with Gasteiger partial charge in [-0.1, -0.05) is 6.07 Å². The van der Waals surface area contributed by atoms with Gasteiger partial charge in [-0.2, -0.15) is 0 Å². The van der Waals surface area contributed by atoms with Gasteiger partial charge in [-0.25, -0.2) is 0 Å². The lowest BCUT2D eigenvalue weighted by molar-refractivity contribution is 0.554. The van der Waals surface area contributed by atoms with E-state index in [0.717, 1.165) is 12.1 Å². The number of aromatic nitrogens is 1. The summed E-state index contributed by atoms with van der Waals surface area (Å²) >= 11 is 1.77. The first-order valence-electron chi connectivity index (χ1n) is 5.22. The summed E-state index contributed by atoms with van der Waals surface area (Å²) in [6.45, 7) is 2.10. The number of hydrazine groups is 1. The van der Waals surface area contributed by atoms with Gasteiger partial charge >= 0.3 is 0 Å². The van der Waals surface area contributed by atoms with Crippen molar-refractivity contribution in [3.05, 3.63) is 52.0 Å². The molecule has 84 valence electrons. The fourth-order valence-electron chi connectivity index (χ4n) is 1.61. The highest BCUT2D eigenvalue weighted by atomic mass is 32.1. The summed E-state index contributed by atoms with van der Waals surface area (Å²) in [7, 11) is 0. The van der Waals surface area contributed by atoms with E-state index in [1.54, 1.807) is 11.3 Å². The first-order valence-corrected chi connectivity index (χ1v) is 6.03. The second kappa shape index (κ2) is 5.21. The van der Waals surface area contributed by atoms with Crippen LogP contribution in [-0.4, -0.2) is 4.98 Å². The van der Waals surface area contributed by atoms with Gasteiger partial charge in [0.25, 0.3) is 0 Å². The summed E-state index contributed by atoms with van der Waals surface area (Å²) in [5, 5.41) is 0. The van der Waals surface area contributed by atoms with Crippen molar-refractivity contribution in [2.24, 2.45) is 5.84 Å². The highest BCUT2D eigenvalue weighted by Crippen LogP contribution is 2.24. The van der Waals surface area contributed by atoms with Crippen LogP contribution in [0.4, 0.5) is 0 Å². The van der Waals surface area contributed by atoms with Crippen molar-refractivity contribution in [2.75, 3.05) is 0 Å². The summed E-state index contributed by atoms with van der Waals surface area (Å²) in [6.07, 6.45) is 2.62. The van der Waals surface area contributed by atoms with E-state index in [-0.39, 0.29) is 6.04 Å². The van der Waals surface area contributed by atoms with Gasteiger partial charge in [-0.15, -0.1) is 11.3 Å². The molecule has 0 saturated carbocycles. The van der Waals surface area contributed by atoms with Crippen molar-refractivity contribution >= 4 is 11.3 Å². The molecule has 0 radical (unpaired) electrons. The Hall–Kier alpha value is -1.23. The van der Waals surface area contributed by atoms with Gasteiger partial charge in [0.05, 0.1) is 6.04 Å². The molecular weight excluding hydrogens is 218 g/mol. The van der Waals surface area contributed by atoms with E-state index in [2.05, 4.69) is 29.5 Å². The smallest absolute Gasteiger partial charge is 0.0608 e. The number of rotatable bonds is 4. The molecule has 0 amide bonds. The molecule has 2 aromatic rings. The quantitative estimate of drug-likeness (QED) is 0.629. The van der Waals surface area contributed by atoms with Crippen molar-refractivity contribution in [3.63, 3.8) is 0 Å². The third kappa shape index (κ3) is 2.66. The molecule has 3 nitrogen and oxygen atoms in total. The maximum absolute atomic E-state index is 5.59. The Kier molecular flexibility index (Phi) is 3.66. The van der Waals surface area contributed by atoms with Crippen molar-refractivity contribution in [3.8, 4) is 0 Å². The van der Waals surface area contributed by atoms with Crippen LogP contribution in [-0.2, 0) is 6.42 Å². The SMILES string of the molecule is Cc1ccc(C(Cc2ccccn2)NN)s1. The topological polar surface area (TPSA) is 50.9 Å². The van der Waals surface area contributed by atoms with Crippen molar-refractivity contribution in [1.29, 1.82) is 0 Å². The molecule has 1 atom stereocenters. The summed E-state index contributed by atoms with van der Waals surface area (Å²) in [4.78, 5) is 6.87. The van der Waals surface area contributed by atoms with E-state index in [9.17, 15) is 0 Å². The number of nitrogens with two attached hydrogens (primary N) is 1. The van der Waals surface area contributed by atoms with Gasteiger partial charge in [0, 0.05) is 28.1 Å². The number of aryl methyl sites for hydroxylation is 1. The number of thiophene rings is 1. The summed E-state index contributed by atoms with van der Waals surface area (Å²) < 4.78 is 0. The minimum atomic E-state index is 0.147. The Labute approximate surface area is 99.3 Å². The minimum Gasteiger partial charge on any atom is -0.271 e. The van der Waals surface area contributed by atoms with Gasteiger partial charge in [0.15, 0.2) is 0 Å². The Bertz CT molecular complexity index is 439. The molecule has 1 unspecified atom stereocenters.